The second-order valence-corrected chi connectivity index (χ2v) is 1.39. The molecule has 0 N–H and O–H groups in total. The highest BCUT2D eigenvalue weighted by molar-refractivity contribution is 4.31. The Bertz CT molecular complexity index is 42.5. The van der Waals surface area contributed by atoms with Crippen LogP contribution in [0, 0.1) is 0 Å². The maximum atomic E-state index is 7.09. The van der Waals surface area contributed by atoms with Crippen LogP contribution >= 0.6 is 0 Å². The zero-order chi connectivity index (χ0) is 6.57. The van der Waals surface area contributed by atoms with Crippen LogP contribution in [0.4, 0.5) is 0 Å². The smallest absolute Gasteiger partial charge is 0.0264 e. The Balaban J connectivity index is 2.93. The van der Waals surface area contributed by atoms with Gasteiger partial charge in [0.25, 0.3) is 0 Å². The van der Waals surface area contributed by atoms with Crippen molar-refractivity contribution in [2.24, 2.45) is 0 Å². The molecule has 0 unspecified atom stereocenters. The minimum atomic E-state index is 0.0165. The Morgan fingerprint density at radius 3 is 1.67 bits per heavy atom. The largest absolute Gasteiger partial charge is 0.0654 e. The van der Waals surface area contributed by atoms with E-state index in [4.69, 9.17) is 2.74 Å². The molecular formula is C6H14. The minimum absolute atomic E-state index is 0.0165. The first-order valence-electron chi connectivity index (χ1n) is 3.63. The molecular weight excluding hydrogens is 72.1 g/mol. The van der Waals surface area contributed by atoms with Crippen LogP contribution in [0.25, 0.3) is 0 Å². The number of hydrogen-bond acceptors (Lipinski definition) is 0. The van der Waals surface area contributed by atoms with Gasteiger partial charge in [0, 0.05) is 2.74 Å². The van der Waals surface area contributed by atoms with Crippen molar-refractivity contribution in [2.75, 3.05) is 0 Å². The molecule has 6 heavy (non-hydrogen) atoms. The molecule has 0 heteroatoms. The monoisotopic (exact) mass is 88.1 g/mol. The molecule has 0 radical (unpaired) electrons. The predicted molar refractivity (Wildman–Crippen MR) is 29.8 cm³/mol. The Kier molecular flexibility index (Phi) is 2.55. The van der Waals surface area contributed by atoms with Gasteiger partial charge in [-0.25, -0.2) is 0 Å². The van der Waals surface area contributed by atoms with Crippen LogP contribution in [-0.2, 0) is 0 Å². The van der Waals surface area contributed by atoms with Gasteiger partial charge in [0.1, 0.15) is 0 Å². The molecule has 0 rings (SSSR count). The Hall–Kier alpha value is 0. The van der Waals surface area contributed by atoms with Gasteiger partial charge >= 0.3 is 0 Å². The first-order valence-corrected chi connectivity index (χ1v) is 2.47. The summed E-state index contributed by atoms with van der Waals surface area (Å²) in [6, 6.07) is 0. The van der Waals surface area contributed by atoms with Crippen molar-refractivity contribution in [1.82, 2.24) is 0 Å². The van der Waals surface area contributed by atoms with E-state index in [0.717, 1.165) is 12.8 Å². The molecule has 0 nitrogen and oxygen atoms in total. The highest BCUT2D eigenvalue weighted by Crippen LogP contribution is 1.95. The maximum Gasteiger partial charge on any atom is 0.0264 e. The fourth-order valence-corrected chi connectivity index (χ4v) is 0.333. The van der Waals surface area contributed by atoms with Gasteiger partial charge in [-0.2, -0.15) is 0 Å². The SMILES string of the molecule is [2H][C@H](C)CC[C@H]([2H])C. The summed E-state index contributed by atoms with van der Waals surface area (Å²) in [4.78, 5) is 0. The molecule has 0 amide bonds. The van der Waals surface area contributed by atoms with Crippen LogP contribution in [0.15, 0.2) is 0 Å². The normalized spacial score (nSPS) is 24.3. The van der Waals surface area contributed by atoms with E-state index in [9.17, 15) is 0 Å². The Morgan fingerprint density at radius 1 is 1.17 bits per heavy atom. The van der Waals surface area contributed by atoms with E-state index in [0.29, 0.717) is 0 Å². The lowest BCUT2D eigenvalue weighted by Gasteiger charge is -1.86. The molecule has 0 fully saturated rings. The van der Waals surface area contributed by atoms with Gasteiger partial charge in [0.05, 0.1) is 0 Å². The van der Waals surface area contributed by atoms with Gasteiger partial charge in [0.15, 0.2) is 0 Å². The maximum absolute atomic E-state index is 7.09. The summed E-state index contributed by atoms with van der Waals surface area (Å²) in [6.07, 6.45) is 1.76. The van der Waals surface area contributed by atoms with Crippen LogP contribution in [0.5, 0.6) is 0 Å². The fourth-order valence-electron chi connectivity index (χ4n) is 0.333. The molecule has 0 heterocycles. The summed E-state index contributed by atoms with van der Waals surface area (Å²) in [5.41, 5.74) is 0. The van der Waals surface area contributed by atoms with Crippen LogP contribution < -0.4 is 0 Å². The summed E-state index contributed by atoms with van der Waals surface area (Å²) in [7, 11) is 0. The van der Waals surface area contributed by atoms with Crippen molar-refractivity contribution in [3.8, 4) is 0 Å². The van der Waals surface area contributed by atoms with Crippen LogP contribution in [0.3, 0.4) is 0 Å². The first-order chi connectivity index (χ1) is 3.63. The van der Waals surface area contributed by atoms with E-state index < -0.39 is 0 Å². The Labute approximate surface area is 43.4 Å². The van der Waals surface area contributed by atoms with E-state index >= 15 is 0 Å². The van der Waals surface area contributed by atoms with Crippen molar-refractivity contribution in [2.45, 2.75) is 39.5 Å². The predicted octanol–water partition coefficient (Wildman–Crippen LogP) is 2.59. The lowest BCUT2D eigenvalue weighted by Crippen LogP contribution is -1.66. The van der Waals surface area contributed by atoms with E-state index in [-0.39, 0.29) is 12.8 Å². The van der Waals surface area contributed by atoms with E-state index in [1.165, 1.54) is 0 Å². The Morgan fingerprint density at radius 2 is 1.50 bits per heavy atom. The summed E-state index contributed by atoms with van der Waals surface area (Å²) < 4.78 is 14.2. The molecule has 0 bridgehead atoms. The van der Waals surface area contributed by atoms with Crippen molar-refractivity contribution < 1.29 is 2.74 Å². The number of hydrogen-bond donors (Lipinski definition) is 0. The molecule has 2 atom stereocenters. The van der Waals surface area contributed by atoms with Gasteiger partial charge in [-0.05, 0) is 0 Å². The van der Waals surface area contributed by atoms with Crippen molar-refractivity contribution in [3.63, 3.8) is 0 Å². The zero-order valence-corrected chi connectivity index (χ0v) is 4.57. The summed E-state index contributed by atoms with van der Waals surface area (Å²) in [6.45, 7) is 3.73. The van der Waals surface area contributed by atoms with E-state index in [2.05, 4.69) is 0 Å². The van der Waals surface area contributed by atoms with Gasteiger partial charge < -0.3 is 0 Å². The molecule has 0 spiro atoms. The summed E-state index contributed by atoms with van der Waals surface area (Å²) >= 11 is 0. The van der Waals surface area contributed by atoms with Crippen molar-refractivity contribution in [1.29, 1.82) is 0 Å². The topological polar surface area (TPSA) is 0 Å². The average molecular weight is 88.2 g/mol. The third-order valence-electron chi connectivity index (χ3n) is 0.744. The van der Waals surface area contributed by atoms with Gasteiger partial charge in [-0.15, -0.1) is 0 Å². The third kappa shape index (κ3) is 4.00. The second-order valence-electron chi connectivity index (χ2n) is 1.39. The van der Waals surface area contributed by atoms with Crippen molar-refractivity contribution >= 4 is 0 Å². The molecule has 0 aliphatic rings. The fraction of sp³-hybridized carbons (Fsp3) is 1.00. The van der Waals surface area contributed by atoms with Crippen LogP contribution in [0.2, 0.25) is 0 Å². The van der Waals surface area contributed by atoms with E-state index in [1.54, 1.807) is 0 Å². The van der Waals surface area contributed by atoms with Crippen molar-refractivity contribution in [3.05, 3.63) is 0 Å². The molecule has 0 aromatic carbocycles. The van der Waals surface area contributed by atoms with Gasteiger partial charge in [-0.1, -0.05) is 39.5 Å². The lowest BCUT2D eigenvalue weighted by atomic mass is 10.2. The molecule has 0 aliphatic heterocycles. The number of rotatable bonds is 3. The quantitative estimate of drug-likeness (QED) is 0.497. The average Bonchev–Trinajstić information content (AvgIpc) is 1.61. The van der Waals surface area contributed by atoms with Gasteiger partial charge in [-0.3, -0.25) is 0 Å². The third-order valence-corrected chi connectivity index (χ3v) is 0.744. The van der Waals surface area contributed by atoms with E-state index in [1.807, 2.05) is 13.8 Å². The molecule has 0 aromatic heterocycles. The molecule has 38 valence electrons. The minimum Gasteiger partial charge on any atom is -0.0654 e. The summed E-state index contributed by atoms with van der Waals surface area (Å²) in [5, 5.41) is 0. The van der Waals surface area contributed by atoms with Gasteiger partial charge in [0.2, 0.25) is 0 Å². The standard InChI is InChI=1S/C6H14/c1-3-5-6-4-2/h3-6H2,1-2H3/i3D,4D/t3-,4-/m1/s1. The first kappa shape index (κ1) is 3.06. The highest BCUT2D eigenvalue weighted by Gasteiger charge is 1.75. The van der Waals surface area contributed by atoms with Crippen LogP contribution in [0.1, 0.15) is 42.2 Å². The zero-order valence-electron chi connectivity index (χ0n) is 6.57. The molecule has 0 saturated carbocycles. The lowest BCUT2D eigenvalue weighted by molar-refractivity contribution is 0.702. The summed E-state index contributed by atoms with van der Waals surface area (Å²) in [5.74, 6) is 0. The molecule has 0 aromatic rings. The highest BCUT2D eigenvalue weighted by atomic mass is 13.8. The van der Waals surface area contributed by atoms with Crippen LogP contribution in [-0.4, -0.2) is 0 Å². The second kappa shape index (κ2) is 5.00. The molecule has 0 aliphatic carbocycles. The molecule has 0 saturated heterocycles.